The number of aryl methyl sites for hydroxylation is 1. The zero-order valence-electron chi connectivity index (χ0n) is 36.8. The molecule has 9 rings (SSSR count). The summed E-state index contributed by atoms with van der Waals surface area (Å²) in [5, 5.41) is 0.780. The molecule has 308 valence electrons. The van der Waals surface area contributed by atoms with Crippen LogP contribution in [0.4, 0.5) is 17.5 Å². The maximum Gasteiger partial charge on any atom is 0.319 e. The van der Waals surface area contributed by atoms with E-state index in [1.807, 2.05) is 31.6 Å². The summed E-state index contributed by atoms with van der Waals surface area (Å²) in [7, 11) is 6.27. The van der Waals surface area contributed by atoms with Crippen LogP contribution in [-0.4, -0.2) is 104 Å². The van der Waals surface area contributed by atoms with Gasteiger partial charge in [0.1, 0.15) is 38.1 Å². The van der Waals surface area contributed by atoms with Gasteiger partial charge in [-0.15, -0.1) is 11.3 Å². The lowest BCUT2D eigenvalue weighted by Gasteiger charge is -2.32. The van der Waals surface area contributed by atoms with Crippen molar-refractivity contribution in [1.29, 1.82) is 0 Å². The zero-order valence-corrected chi connectivity index (χ0v) is 37.6. The number of pyridine rings is 2. The highest BCUT2D eigenvalue weighted by molar-refractivity contribution is 7.10. The second kappa shape index (κ2) is 16.9. The molecule has 0 amide bonds. The van der Waals surface area contributed by atoms with Crippen LogP contribution in [0.2, 0.25) is 6.82 Å². The first-order chi connectivity index (χ1) is 29.5. The molecule has 3 atom stereocenters. The summed E-state index contributed by atoms with van der Waals surface area (Å²) >= 11 is 1.61. The summed E-state index contributed by atoms with van der Waals surface area (Å²) in [4.78, 5) is 37.0. The minimum atomic E-state index is -0.133. The molecule has 2 aromatic carbocycles. The van der Waals surface area contributed by atoms with Crippen LogP contribution in [0.15, 0.2) is 77.2 Å². The van der Waals surface area contributed by atoms with Crippen molar-refractivity contribution < 1.29 is 9.47 Å². The number of hydrogen-bond acceptors (Lipinski definition) is 12. The molecule has 3 aliphatic rings. The molecule has 6 aromatic rings. The van der Waals surface area contributed by atoms with Crippen LogP contribution >= 0.6 is 11.3 Å². The number of aliphatic imine (C=N–C) groups is 1. The third-order valence-electron chi connectivity index (χ3n) is 13.3. The number of benzene rings is 2. The molecule has 4 aromatic heterocycles. The predicted molar refractivity (Wildman–Crippen MR) is 258 cm³/mol. The zero-order chi connectivity index (χ0) is 42.4. The second-order valence-corrected chi connectivity index (χ2v) is 18.4. The maximum atomic E-state index is 6.81. The highest BCUT2D eigenvalue weighted by Crippen LogP contribution is 2.44. The van der Waals surface area contributed by atoms with Crippen LogP contribution < -0.4 is 24.6 Å². The lowest BCUT2D eigenvalue weighted by molar-refractivity contribution is 0.107. The van der Waals surface area contributed by atoms with Crippen LogP contribution in [0, 0.1) is 19.8 Å². The van der Waals surface area contributed by atoms with E-state index in [1.165, 1.54) is 12.0 Å². The van der Waals surface area contributed by atoms with E-state index in [4.69, 9.17) is 39.4 Å². The Hall–Kier alpha value is -5.20. The lowest BCUT2D eigenvalue weighted by atomic mass is 9.56. The second-order valence-electron chi connectivity index (χ2n) is 17.6. The largest absolute Gasteiger partial charge is 0.475 e. The van der Waals surface area contributed by atoms with Gasteiger partial charge >= 0.3 is 6.01 Å². The lowest BCUT2D eigenvalue weighted by Crippen LogP contribution is -2.43. The molecule has 0 radical (unpaired) electrons. The van der Waals surface area contributed by atoms with Gasteiger partial charge in [0.2, 0.25) is 20.7 Å². The number of fused-ring (bicyclic) bond motifs is 1. The fourth-order valence-corrected chi connectivity index (χ4v) is 10.5. The van der Waals surface area contributed by atoms with E-state index in [-0.39, 0.29) is 18.4 Å². The number of anilines is 2. The Kier molecular flexibility index (Phi) is 11.4. The van der Waals surface area contributed by atoms with Gasteiger partial charge in [-0.1, -0.05) is 80.0 Å². The Balaban J connectivity index is 1.14. The monoisotopic (exact) mass is 827 g/mol. The summed E-state index contributed by atoms with van der Waals surface area (Å²) in [6.07, 6.45) is 4.35. The topological polar surface area (TPSA) is 105 Å². The smallest absolute Gasteiger partial charge is 0.319 e. The molecule has 0 bridgehead atoms. The molecule has 2 unspecified atom stereocenters. The van der Waals surface area contributed by atoms with Gasteiger partial charge in [0.05, 0.1) is 45.4 Å². The number of thiazole rings is 1. The summed E-state index contributed by atoms with van der Waals surface area (Å²) < 4.78 is 15.7. The van der Waals surface area contributed by atoms with Crippen molar-refractivity contribution in [2.45, 2.75) is 71.7 Å². The molecular weight excluding hydrogens is 774 g/mol. The Morgan fingerprint density at radius 1 is 1.07 bits per heavy atom. The number of ether oxygens (including phenoxy) is 2. The van der Waals surface area contributed by atoms with Crippen molar-refractivity contribution in [3.05, 3.63) is 99.4 Å². The van der Waals surface area contributed by atoms with Crippen LogP contribution in [0.5, 0.6) is 11.9 Å². The van der Waals surface area contributed by atoms with Crippen molar-refractivity contribution in [2.75, 3.05) is 42.5 Å². The number of rotatable bonds is 12. The molecule has 0 spiro atoms. The van der Waals surface area contributed by atoms with Crippen LogP contribution in [-0.2, 0) is 6.32 Å². The molecule has 0 saturated carbocycles. The van der Waals surface area contributed by atoms with E-state index in [9.17, 15) is 0 Å². The Morgan fingerprint density at radius 3 is 2.62 bits per heavy atom. The summed E-state index contributed by atoms with van der Waals surface area (Å²) in [5.74, 6) is 3.50. The SMILES string of the molecule is B/C(=N/c1ncsc1C(C)N1CCOc2nc(-c3nc(N(B)B(C)Cc4ccccc4)cc(C)c3C)c(B)c3nc(OC[C@@]45CCCN4CC(C)C5)nc1c23)c1ccccc1. The fourth-order valence-electron chi connectivity index (χ4n) is 9.71. The number of nitrogens with zero attached hydrogens (tertiary/aromatic N) is 9. The van der Waals surface area contributed by atoms with Crippen molar-refractivity contribution >= 4 is 81.3 Å². The summed E-state index contributed by atoms with van der Waals surface area (Å²) in [5.41, 5.74) is 10.7. The average Bonchev–Trinajstić information content (AvgIpc) is 3.93. The maximum absolute atomic E-state index is 6.81. The molecular formula is C45H53B4N9O2S. The van der Waals surface area contributed by atoms with Gasteiger partial charge in [-0.25, -0.2) is 19.9 Å². The van der Waals surface area contributed by atoms with Gasteiger partial charge in [0, 0.05) is 12.2 Å². The third kappa shape index (κ3) is 7.93. The van der Waals surface area contributed by atoms with Gasteiger partial charge in [0.25, 0.3) is 0 Å². The third-order valence-corrected chi connectivity index (χ3v) is 14.3. The summed E-state index contributed by atoms with van der Waals surface area (Å²) in [6.45, 7) is 15.1. The molecule has 16 heteroatoms. The van der Waals surface area contributed by atoms with E-state index in [0.717, 1.165) is 98.8 Å². The Labute approximate surface area is 366 Å². The normalized spacial score (nSPS) is 19.4. The van der Waals surface area contributed by atoms with Gasteiger partial charge in [-0.3, -0.25) is 4.90 Å². The van der Waals surface area contributed by atoms with Crippen molar-refractivity contribution in [3.63, 3.8) is 0 Å². The fraction of sp³-hybridized carbons (Fsp3) is 0.378. The van der Waals surface area contributed by atoms with Crippen molar-refractivity contribution in [1.82, 2.24) is 29.8 Å². The quantitative estimate of drug-likeness (QED) is 0.122. The van der Waals surface area contributed by atoms with Gasteiger partial charge < -0.3 is 19.1 Å². The minimum absolute atomic E-state index is 0.0143. The number of aromatic nitrogens is 5. The van der Waals surface area contributed by atoms with Crippen molar-refractivity contribution in [2.24, 2.45) is 10.9 Å². The molecule has 7 heterocycles. The van der Waals surface area contributed by atoms with E-state index >= 15 is 0 Å². The Bertz CT molecular complexity index is 2600. The first-order valence-electron chi connectivity index (χ1n) is 21.8. The first-order valence-corrected chi connectivity index (χ1v) is 22.7. The Morgan fingerprint density at radius 2 is 1.84 bits per heavy atom. The standard InChI is InChI=1S/C45H53B4N9O2S/c1-27-22-45(17-12-18-56(45)24-27)25-60-44-53-37-34-42(55-44)57(30(4)39-41(50-26-61-39)54-40(47)32-15-10-7-11-16-32)19-20-59-43(34)52-38(35(37)46)36-29(3)28(2)21-33(51-36)58(48)49(5)23-31-13-8-6-9-14-31/h6-11,13-16,21,26-27,30H,12,17-20,22-25,46-48H2,1-5H3/b54-40+/t27?,30?,45-/m0/s1. The van der Waals surface area contributed by atoms with E-state index in [2.05, 4.69) is 113 Å². The van der Waals surface area contributed by atoms with Crippen LogP contribution in [0.3, 0.4) is 0 Å². The molecule has 0 N–H and O–H groups in total. The number of hydrogen-bond donors (Lipinski definition) is 0. The first kappa shape index (κ1) is 41.2. The van der Waals surface area contributed by atoms with Crippen LogP contribution in [0.1, 0.15) is 66.3 Å². The summed E-state index contributed by atoms with van der Waals surface area (Å²) in [6, 6.07) is 23.3. The van der Waals surface area contributed by atoms with Gasteiger partial charge in [0.15, 0.2) is 13.7 Å². The molecule has 2 fully saturated rings. The van der Waals surface area contributed by atoms with E-state index in [1.54, 1.807) is 11.3 Å². The van der Waals surface area contributed by atoms with Crippen molar-refractivity contribution in [3.8, 4) is 23.3 Å². The molecule has 3 aliphatic heterocycles. The van der Waals surface area contributed by atoms with Crippen LogP contribution in [0.25, 0.3) is 22.3 Å². The highest BCUT2D eigenvalue weighted by atomic mass is 32.1. The highest BCUT2D eigenvalue weighted by Gasteiger charge is 2.48. The molecule has 11 nitrogen and oxygen atoms in total. The van der Waals surface area contributed by atoms with E-state index < -0.39 is 0 Å². The molecule has 61 heavy (non-hydrogen) atoms. The molecule has 2 saturated heterocycles. The molecule has 0 aliphatic carbocycles. The average molecular weight is 827 g/mol. The van der Waals surface area contributed by atoms with Gasteiger partial charge in [-0.2, -0.15) is 9.97 Å². The van der Waals surface area contributed by atoms with Gasteiger partial charge in [-0.05, 0) is 87.0 Å². The minimum Gasteiger partial charge on any atom is -0.475 e. The van der Waals surface area contributed by atoms with E-state index in [0.29, 0.717) is 43.4 Å². The predicted octanol–water partition coefficient (Wildman–Crippen LogP) is 5.10.